The van der Waals surface area contributed by atoms with E-state index in [4.69, 9.17) is 0 Å². The largest absolute Gasteiger partial charge is 0.413 e. The van der Waals surface area contributed by atoms with Crippen LogP contribution in [0.25, 0.3) is 0 Å². The van der Waals surface area contributed by atoms with Gasteiger partial charge in [0.2, 0.25) is 0 Å². The van der Waals surface area contributed by atoms with Crippen molar-refractivity contribution in [3.05, 3.63) is 0 Å². The second-order valence-corrected chi connectivity index (χ2v) is 5.53. The third kappa shape index (κ3) is 1.40. The van der Waals surface area contributed by atoms with Gasteiger partial charge in [-0.15, -0.1) is 0 Å². The average Bonchev–Trinajstić information content (AvgIpc) is 2.46. The van der Waals surface area contributed by atoms with Crippen molar-refractivity contribution in [3.8, 4) is 0 Å². The normalized spacial score (nSPS) is 32.8. The first-order chi connectivity index (χ1) is 5.40. The topological polar surface area (TPSA) is 6.25 Å². The fourth-order valence-corrected chi connectivity index (χ4v) is 4.27. The number of hydrogen-bond acceptors (Lipinski definition) is 1. The van der Waals surface area contributed by atoms with E-state index in [0.717, 1.165) is 6.04 Å². The first-order valence-electron chi connectivity index (χ1n) is 4.73. The molecule has 1 unspecified atom stereocenters. The van der Waals surface area contributed by atoms with Crippen LogP contribution in [0.1, 0.15) is 26.2 Å². The number of hydrogen-bond donors (Lipinski definition) is 0. The van der Waals surface area contributed by atoms with Crippen LogP contribution in [0.3, 0.4) is 0 Å². The van der Waals surface area contributed by atoms with Gasteiger partial charge >= 0.3 is 9.84 Å². The fourth-order valence-electron chi connectivity index (χ4n) is 2.15. The SMILES string of the molecule is CCC[N+]1=CC2CCCN2[SiH2]1. The molecule has 2 heterocycles. The monoisotopic (exact) mass is 169 g/mol. The molecule has 2 aliphatic heterocycles. The predicted octanol–water partition coefficient (Wildman–Crippen LogP) is -0.0435. The van der Waals surface area contributed by atoms with Crippen molar-refractivity contribution in [2.75, 3.05) is 13.1 Å². The second kappa shape index (κ2) is 3.07. The van der Waals surface area contributed by atoms with Crippen LogP contribution >= 0.6 is 0 Å². The standard InChI is InChI=1S/C8H17N2Si/c1-2-5-9-7-8-4-3-6-10(8)11-9/h7-8H,2-6,11H2,1H3/q+1. The summed E-state index contributed by atoms with van der Waals surface area (Å²) in [6.45, 7) is 4.96. The predicted molar refractivity (Wildman–Crippen MR) is 49.8 cm³/mol. The molecule has 1 saturated heterocycles. The van der Waals surface area contributed by atoms with E-state index in [2.05, 4.69) is 21.9 Å². The molecule has 3 heteroatoms. The molecule has 0 saturated carbocycles. The number of fused-ring (bicyclic) bond motifs is 1. The summed E-state index contributed by atoms with van der Waals surface area (Å²) in [5.74, 6) is 0. The van der Waals surface area contributed by atoms with Crippen LogP contribution in [0.5, 0.6) is 0 Å². The minimum Gasteiger partial charge on any atom is -0.304 e. The van der Waals surface area contributed by atoms with Gasteiger partial charge in [-0.3, -0.25) is 4.57 Å². The third-order valence-electron chi connectivity index (χ3n) is 2.67. The molecule has 0 aromatic rings. The molecule has 0 amide bonds. The van der Waals surface area contributed by atoms with Crippen molar-refractivity contribution in [2.24, 2.45) is 0 Å². The zero-order valence-corrected chi connectivity index (χ0v) is 8.71. The Hall–Kier alpha value is -0.153. The van der Waals surface area contributed by atoms with Gasteiger partial charge in [0.25, 0.3) is 0 Å². The lowest BCUT2D eigenvalue weighted by Gasteiger charge is -2.06. The molecule has 11 heavy (non-hydrogen) atoms. The van der Waals surface area contributed by atoms with Crippen molar-refractivity contribution >= 4 is 16.1 Å². The lowest BCUT2D eigenvalue weighted by atomic mass is 10.2. The van der Waals surface area contributed by atoms with Crippen LogP contribution < -0.4 is 0 Å². The summed E-state index contributed by atoms with van der Waals surface area (Å²) in [4.78, 5) is 0. The maximum Gasteiger partial charge on any atom is 0.413 e. The summed E-state index contributed by atoms with van der Waals surface area (Å²) >= 11 is 0. The maximum absolute atomic E-state index is 2.72. The molecule has 0 radical (unpaired) electrons. The Labute approximate surface area is 70.9 Å². The van der Waals surface area contributed by atoms with Gasteiger partial charge in [-0.05, 0) is 19.4 Å². The van der Waals surface area contributed by atoms with Crippen LogP contribution in [-0.2, 0) is 0 Å². The minimum atomic E-state index is -0.0137. The van der Waals surface area contributed by atoms with E-state index in [1.807, 2.05) is 0 Å². The first-order valence-corrected chi connectivity index (χ1v) is 5.99. The van der Waals surface area contributed by atoms with Crippen molar-refractivity contribution in [1.29, 1.82) is 0 Å². The molecule has 2 nitrogen and oxygen atoms in total. The van der Waals surface area contributed by atoms with Gasteiger partial charge in [-0.2, -0.15) is 0 Å². The highest BCUT2D eigenvalue weighted by Crippen LogP contribution is 2.17. The molecule has 1 fully saturated rings. The van der Waals surface area contributed by atoms with Gasteiger partial charge in [0, 0.05) is 6.42 Å². The lowest BCUT2D eigenvalue weighted by molar-refractivity contribution is -0.377. The molecule has 2 rings (SSSR count). The summed E-state index contributed by atoms with van der Waals surface area (Å²) < 4.78 is 5.32. The Kier molecular flexibility index (Phi) is 2.09. The van der Waals surface area contributed by atoms with E-state index in [1.54, 1.807) is 0 Å². The molecule has 1 atom stereocenters. The van der Waals surface area contributed by atoms with Crippen LogP contribution in [0.4, 0.5) is 0 Å². The van der Waals surface area contributed by atoms with Crippen LogP contribution in [0.15, 0.2) is 0 Å². The summed E-state index contributed by atoms with van der Waals surface area (Å²) in [6.07, 6.45) is 6.66. The van der Waals surface area contributed by atoms with Crippen LogP contribution in [0, 0.1) is 0 Å². The quantitative estimate of drug-likeness (QED) is 0.526. The first kappa shape index (κ1) is 7.49. The highest BCUT2D eigenvalue weighted by molar-refractivity contribution is 6.25. The van der Waals surface area contributed by atoms with Crippen molar-refractivity contribution in [3.63, 3.8) is 0 Å². The lowest BCUT2D eigenvalue weighted by Crippen LogP contribution is -2.30. The van der Waals surface area contributed by atoms with Gasteiger partial charge < -0.3 is 4.24 Å². The molecule has 62 valence electrons. The molecule has 0 aromatic carbocycles. The van der Waals surface area contributed by atoms with E-state index in [9.17, 15) is 0 Å². The van der Waals surface area contributed by atoms with Crippen LogP contribution in [-0.4, -0.2) is 44.0 Å². The molecular formula is C8H17N2Si+. The summed E-state index contributed by atoms with van der Waals surface area (Å²) in [6, 6.07) is 0.855. The van der Waals surface area contributed by atoms with E-state index >= 15 is 0 Å². The zero-order chi connectivity index (χ0) is 7.68. The van der Waals surface area contributed by atoms with Crippen molar-refractivity contribution < 1.29 is 4.24 Å². The Morgan fingerprint density at radius 2 is 2.64 bits per heavy atom. The van der Waals surface area contributed by atoms with Gasteiger partial charge in [-0.25, -0.2) is 0 Å². The average molecular weight is 169 g/mol. The Balaban J connectivity index is 1.96. The Bertz CT molecular complexity index is 179. The van der Waals surface area contributed by atoms with Gasteiger partial charge in [0.1, 0.15) is 12.8 Å². The van der Waals surface area contributed by atoms with E-state index < -0.39 is 0 Å². The highest BCUT2D eigenvalue weighted by atomic mass is 28.2. The fraction of sp³-hybridized carbons (Fsp3) is 0.875. The molecular weight excluding hydrogens is 152 g/mol. The second-order valence-electron chi connectivity index (χ2n) is 3.62. The Morgan fingerprint density at radius 3 is 3.36 bits per heavy atom. The smallest absolute Gasteiger partial charge is 0.304 e. The molecule has 0 aliphatic carbocycles. The molecule has 0 N–H and O–H groups in total. The van der Waals surface area contributed by atoms with E-state index in [1.165, 1.54) is 32.4 Å². The molecule has 2 aliphatic rings. The van der Waals surface area contributed by atoms with Gasteiger partial charge in [0.15, 0.2) is 0 Å². The van der Waals surface area contributed by atoms with Gasteiger partial charge in [-0.1, -0.05) is 6.92 Å². The third-order valence-corrected chi connectivity index (χ3v) is 4.71. The van der Waals surface area contributed by atoms with Crippen LogP contribution in [0.2, 0.25) is 0 Å². The highest BCUT2D eigenvalue weighted by Gasteiger charge is 2.34. The zero-order valence-electron chi connectivity index (χ0n) is 7.29. The minimum absolute atomic E-state index is 0.0137. The van der Waals surface area contributed by atoms with Crippen molar-refractivity contribution in [2.45, 2.75) is 32.2 Å². The van der Waals surface area contributed by atoms with Gasteiger partial charge in [0.05, 0.1) is 6.04 Å². The van der Waals surface area contributed by atoms with Crippen molar-refractivity contribution in [1.82, 2.24) is 4.57 Å². The summed E-state index contributed by atoms with van der Waals surface area (Å²) in [7, 11) is -0.0137. The van der Waals surface area contributed by atoms with E-state index in [-0.39, 0.29) is 9.84 Å². The van der Waals surface area contributed by atoms with E-state index in [0.29, 0.717) is 0 Å². The Morgan fingerprint density at radius 1 is 1.73 bits per heavy atom. The molecule has 0 spiro atoms. The number of rotatable bonds is 2. The summed E-state index contributed by atoms with van der Waals surface area (Å²) in [5, 5.41) is 0. The molecule has 0 bridgehead atoms. The summed E-state index contributed by atoms with van der Waals surface area (Å²) in [5.41, 5.74) is 0. The number of nitrogens with zero attached hydrogens (tertiary/aromatic N) is 2. The maximum atomic E-state index is 2.72. The molecule has 0 aromatic heterocycles.